The molecule has 0 radical (unpaired) electrons. The maximum Gasteiger partial charge on any atom is 0.232 e. The fourth-order valence-electron chi connectivity index (χ4n) is 3.58. The molecule has 1 unspecified atom stereocenters. The molecule has 0 N–H and O–H groups in total. The summed E-state index contributed by atoms with van der Waals surface area (Å²) in [6, 6.07) is 9.41. The van der Waals surface area contributed by atoms with Crippen LogP contribution in [0.15, 0.2) is 36.5 Å². The van der Waals surface area contributed by atoms with Gasteiger partial charge in [0.1, 0.15) is 11.1 Å². The molecule has 0 spiro atoms. The van der Waals surface area contributed by atoms with Gasteiger partial charge in [-0.2, -0.15) is 0 Å². The lowest BCUT2D eigenvalue weighted by atomic mass is 10.0. The Bertz CT molecular complexity index is 927. The van der Waals surface area contributed by atoms with Crippen LogP contribution >= 0.6 is 11.6 Å². The molecule has 0 aliphatic carbocycles. The van der Waals surface area contributed by atoms with E-state index in [1.165, 1.54) is 5.56 Å². The topological polar surface area (TPSA) is 62.7 Å². The standard InChI is InChI=1S/C21H22ClN3O3/c1-13-5-6-16(8-14(13)2)25-10-15(9-19(25)26)21(27)24-11-17(12-24)28-20-18(22)4-3-7-23-20/h3-8,15,17H,9-12H2,1-2H3. The van der Waals surface area contributed by atoms with Crippen LogP contribution in [-0.4, -0.2) is 47.4 Å². The van der Waals surface area contributed by atoms with Crippen LogP contribution in [0, 0.1) is 19.8 Å². The van der Waals surface area contributed by atoms with E-state index in [1.54, 1.807) is 28.1 Å². The number of pyridine rings is 1. The second-order valence-electron chi connectivity index (χ2n) is 7.45. The third kappa shape index (κ3) is 3.56. The highest BCUT2D eigenvalue weighted by molar-refractivity contribution is 6.31. The van der Waals surface area contributed by atoms with Crippen molar-refractivity contribution in [2.45, 2.75) is 26.4 Å². The molecule has 1 atom stereocenters. The molecule has 4 rings (SSSR count). The quantitative estimate of drug-likeness (QED) is 0.792. The van der Waals surface area contributed by atoms with Crippen molar-refractivity contribution in [1.29, 1.82) is 0 Å². The van der Waals surface area contributed by atoms with Crippen LogP contribution in [0.3, 0.4) is 0 Å². The summed E-state index contributed by atoms with van der Waals surface area (Å²) in [5.74, 6) is 0.0774. The second kappa shape index (κ2) is 7.43. The minimum atomic E-state index is -0.312. The summed E-state index contributed by atoms with van der Waals surface area (Å²) in [6.45, 7) is 5.46. The molecule has 28 heavy (non-hydrogen) atoms. The maximum absolute atomic E-state index is 12.8. The van der Waals surface area contributed by atoms with E-state index >= 15 is 0 Å². The van der Waals surface area contributed by atoms with E-state index in [9.17, 15) is 9.59 Å². The van der Waals surface area contributed by atoms with Gasteiger partial charge in [-0.3, -0.25) is 9.59 Å². The van der Waals surface area contributed by atoms with Crippen molar-refractivity contribution in [2.75, 3.05) is 24.5 Å². The van der Waals surface area contributed by atoms with Gasteiger partial charge in [-0.1, -0.05) is 17.7 Å². The molecule has 2 amide bonds. The Morgan fingerprint density at radius 3 is 2.68 bits per heavy atom. The highest BCUT2D eigenvalue weighted by atomic mass is 35.5. The molecule has 1 aromatic carbocycles. The third-order valence-corrected chi connectivity index (χ3v) is 5.73. The smallest absolute Gasteiger partial charge is 0.232 e. The molecule has 2 aliphatic heterocycles. The summed E-state index contributed by atoms with van der Waals surface area (Å²) < 4.78 is 5.75. The molecular formula is C21H22ClN3O3. The number of carbonyl (C=O) groups is 2. The highest BCUT2D eigenvalue weighted by Crippen LogP contribution is 2.30. The number of carbonyl (C=O) groups excluding carboxylic acids is 2. The first-order valence-electron chi connectivity index (χ1n) is 9.36. The van der Waals surface area contributed by atoms with E-state index < -0.39 is 0 Å². The third-order valence-electron chi connectivity index (χ3n) is 5.44. The molecule has 2 fully saturated rings. The number of rotatable bonds is 4. The van der Waals surface area contributed by atoms with Crippen LogP contribution in [0.25, 0.3) is 0 Å². The molecular weight excluding hydrogens is 378 g/mol. The largest absolute Gasteiger partial charge is 0.470 e. The van der Waals surface area contributed by atoms with Gasteiger partial charge in [0.25, 0.3) is 0 Å². The van der Waals surface area contributed by atoms with Crippen molar-refractivity contribution in [1.82, 2.24) is 9.88 Å². The fraction of sp³-hybridized carbons (Fsp3) is 0.381. The Balaban J connectivity index is 1.34. The number of aromatic nitrogens is 1. The number of anilines is 1. The van der Waals surface area contributed by atoms with Crippen LogP contribution in [-0.2, 0) is 9.59 Å². The monoisotopic (exact) mass is 399 g/mol. The summed E-state index contributed by atoms with van der Waals surface area (Å²) in [5, 5.41) is 0.456. The number of nitrogens with zero attached hydrogens (tertiary/aromatic N) is 3. The van der Waals surface area contributed by atoms with Crippen molar-refractivity contribution in [3.05, 3.63) is 52.7 Å². The average Bonchev–Trinajstić information content (AvgIpc) is 3.03. The van der Waals surface area contributed by atoms with Gasteiger partial charge in [0.05, 0.1) is 19.0 Å². The number of halogens is 1. The van der Waals surface area contributed by atoms with Gasteiger partial charge < -0.3 is 14.5 Å². The summed E-state index contributed by atoms with van der Waals surface area (Å²) in [5.41, 5.74) is 3.18. The normalized spacial score (nSPS) is 19.7. The van der Waals surface area contributed by atoms with Gasteiger partial charge in [-0.05, 0) is 49.2 Å². The zero-order valence-electron chi connectivity index (χ0n) is 15.9. The first-order chi connectivity index (χ1) is 13.4. The number of benzene rings is 1. The molecule has 6 nitrogen and oxygen atoms in total. The SMILES string of the molecule is Cc1ccc(N2CC(C(=O)N3CC(Oc4ncccc4Cl)C3)CC2=O)cc1C. The Kier molecular flexibility index (Phi) is 4.98. The molecule has 2 saturated heterocycles. The van der Waals surface area contributed by atoms with Gasteiger partial charge in [0, 0.05) is 24.8 Å². The van der Waals surface area contributed by atoms with Gasteiger partial charge in [-0.15, -0.1) is 0 Å². The molecule has 1 aromatic heterocycles. The van der Waals surface area contributed by atoms with Crippen molar-refractivity contribution in [3.63, 3.8) is 0 Å². The fourth-order valence-corrected chi connectivity index (χ4v) is 3.75. The summed E-state index contributed by atoms with van der Waals surface area (Å²) >= 11 is 6.05. The van der Waals surface area contributed by atoms with Gasteiger partial charge in [0.15, 0.2) is 0 Å². The Labute approximate surface area is 169 Å². The van der Waals surface area contributed by atoms with E-state index in [2.05, 4.69) is 4.98 Å². The van der Waals surface area contributed by atoms with Gasteiger partial charge in [0.2, 0.25) is 17.7 Å². The number of likely N-dealkylation sites (tertiary alicyclic amines) is 1. The lowest BCUT2D eigenvalue weighted by molar-refractivity contribution is -0.144. The zero-order chi connectivity index (χ0) is 19.8. The number of hydrogen-bond donors (Lipinski definition) is 0. The molecule has 2 aromatic rings. The minimum absolute atomic E-state index is 0.00445. The summed E-state index contributed by atoms with van der Waals surface area (Å²) in [6.07, 6.45) is 1.75. The van der Waals surface area contributed by atoms with Crippen molar-refractivity contribution < 1.29 is 14.3 Å². The van der Waals surface area contributed by atoms with Crippen molar-refractivity contribution in [3.8, 4) is 5.88 Å². The van der Waals surface area contributed by atoms with Gasteiger partial charge >= 0.3 is 0 Å². The molecule has 146 valence electrons. The summed E-state index contributed by atoms with van der Waals surface area (Å²) in [7, 11) is 0. The molecule has 3 heterocycles. The molecule has 2 aliphatic rings. The van der Waals surface area contributed by atoms with E-state index in [4.69, 9.17) is 16.3 Å². The van der Waals surface area contributed by atoms with Crippen molar-refractivity contribution in [2.24, 2.45) is 5.92 Å². The van der Waals surface area contributed by atoms with E-state index in [1.807, 2.05) is 32.0 Å². The number of hydrogen-bond acceptors (Lipinski definition) is 4. The van der Waals surface area contributed by atoms with Crippen LogP contribution < -0.4 is 9.64 Å². The van der Waals surface area contributed by atoms with E-state index in [0.29, 0.717) is 30.5 Å². The predicted octanol–water partition coefficient (Wildman–Crippen LogP) is 2.99. The lowest BCUT2D eigenvalue weighted by Gasteiger charge is -2.39. The molecule has 0 saturated carbocycles. The van der Waals surface area contributed by atoms with Crippen LogP contribution in [0.2, 0.25) is 5.02 Å². The highest BCUT2D eigenvalue weighted by Gasteiger charge is 2.41. The lowest BCUT2D eigenvalue weighted by Crippen LogP contribution is -2.57. The second-order valence-corrected chi connectivity index (χ2v) is 7.85. The molecule has 7 heteroatoms. The first-order valence-corrected chi connectivity index (χ1v) is 9.73. The molecule has 0 bridgehead atoms. The minimum Gasteiger partial charge on any atom is -0.470 e. The first kappa shape index (κ1) is 18.7. The average molecular weight is 400 g/mol. The Morgan fingerprint density at radius 2 is 1.96 bits per heavy atom. The van der Waals surface area contributed by atoms with E-state index in [0.717, 1.165) is 11.3 Å². The van der Waals surface area contributed by atoms with Gasteiger partial charge in [-0.25, -0.2) is 4.98 Å². The van der Waals surface area contributed by atoms with Crippen LogP contribution in [0.1, 0.15) is 17.5 Å². The Morgan fingerprint density at radius 1 is 1.18 bits per heavy atom. The van der Waals surface area contributed by atoms with Crippen molar-refractivity contribution >= 4 is 29.1 Å². The number of amides is 2. The number of ether oxygens (including phenoxy) is 1. The van der Waals surface area contributed by atoms with Crippen LogP contribution in [0.5, 0.6) is 5.88 Å². The van der Waals surface area contributed by atoms with E-state index in [-0.39, 0.29) is 30.3 Å². The summed E-state index contributed by atoms with van der Waals surface area (Å²) in [4.78, 5) is 32.8. The van der Waals surface area contributed by atoms with Crippen LogP contribution in [0.4, 0.5) is 5.69 Å². The number of aryl methyl sites for hydroxylation is 2. The zero-order valence-corrected chi connectivity index (χ0v) is 16.6. The predicted molar refractivity (Wildman–Crippen MR) is 107 cm³/mol. The Hall–Kier alpha value is -2.60. The maximum atomic E-state index is 12.8.